The van der Waals surface area contributed by atoms with E-state index in [1.165, 1.54) is 25.8 Å². The smallest absolute Gasteiger partial charge is 0.165 e. The number of rotatable bonds is 6. The van der Waals surface area contributed by atoms with Crippen molar-refractivity contribution in [1.82, 2.24) is 14.4 Å². The predicted molar refractivity (Wildman–Crippen MR) is 208 cm³/mol. The molecule has 49 heavy (non-hydrogen) atoms. The molecule has 8 aromatic rings. The van der Waals surface area contributed by atoms with E-state index < -0.39 is 9.16 Å². The second kappa shape index (κ2) is 11.5. The van der Waals surface area contributed by atoms with E-state index >= 15 is 0 Å². The minimum atomic E-state index is -2.97. The summed E-state index contributed by atoms with van der Waals surface area (Å²) in [6, 6.07) is 55.4. The number of thiol groups is 1. The van der Waals surface area contributed by atoms with Gasteiger partial charge in [0.1, 0.15) is 11.2 Å². The molecule has 0 aliphatic heterocycles. The van der Waals surface area contributed by atoms with E-state index in [-0.39, 0.29) is 0 Å². The first kappa shape index (κ1) is 29.4. The molecular weight excluding hydrogens is 615 g/mol. The fourth-order valence-corrected chi connectivity index (χ4v) is 14.1. The van der Waals surface area contributed by atoms with E-state index in [2.05, 4.69) is 168 Å². The van der Waals surface area contributed by atoms with Gasteiger partial charge in [0.2, 0.25) is 0 Å². The molecule has 9 rings (SSSR count). The van der Waals surface area contributed by atoms with Gasteiger partial charge in [-0.1, -0.05) is 158 Å². The van der Waals surface area contributed by atoms with E-state index in [1.807, 2.05) is 24.4 Å². The minimum Gasteiger partial charge on any atom is -0.284 e. The molecule has 1 atom stereocenters. The number of imidazole rings is 1. The van der Waals surface area contributed by atoms with Crippen LogP contribution >= 0.6 is 9.16 Å². The summed E-state index contributed by atoms with van der Waals surface area (Å²) < 4.78 is 2.08. The van der Waals surface area contributed by atoms with Gasteiger partial charge in [0.15, 0.2) is 5.65 Å². The number of fused-ring (bicyclic) bond motifs is 5. The Morgan fingerprint density at radius 1 is 0.571 bits per heavy atom. The molecule has 3 heterocycles. The summed E-state index contributed by atoms with van der Waals surface area (Å²) >= 11 is 0. The van der Waals surface area contributed by atoms with Crippen LogP contribution in [0.2, 0.25) is 0 Å². The Hall–Kier alpha value is -5.71. The highest BCUT2D eigenvalue weighted by atomic mass is 32.3. The van der Waals surface area contributed by atoms with Gasteiger partial charge in [-0.2, -0.15) is 0 Å². The lowest BCUT2D eigenvalue weighted by Crippen LogP contribution is -2.31. The maximum Gasteiger partial charge on any atom is 0.165 e. The highest BCUT2D eigenvalue weighted by Crippen LogP contribution is 2.86. The van der Waals surface area contributed by atoms with Crippen LogP contribution in [0, 0.1) is 0 Å². The van der Waals surface area contributed by atoms with Crippen molar-refractivity contribution in [2.75, 3.05) is 6.26 Å². The molecular formula is C45H37N3S. The topological polar surface area (TPSA) is 30.2 Å². The predicted octanol–water partition coefficient (Wildman–Crippen LogP) is 11.4. The van der Waals surface area contributed by atoms with E-state index in [9.17, 15) is 0 Å². The maximum atomic E-state index is 5.26. The molecule has 3 nitrogen and oxygen atoms in total. The van der Waals surface area contributed by atoms with E-state index in [0.29, 0.717) is 5.25 Å². The fourth-order valence-electron chi connectivity index (χ4n) is 8.13. The quantitative estimate of drug-likeness (QED) is 0.181. The first-order valence-corrected chi connectivity index (χ1v) is 19.7. The summed E-state index contributed by atoms with van der Waals surface area (Å²) in [5.74, 6) is 0. The van der Waals surface area contributed by atoms with Gasteiger partial charge in [0.25, 0.3) is 0 Å². The second-order valence-corrected chi connectivity index (χ2v) is 18.8. The summed E-state index contributed by atoms with van der Waals surface area (Å²) in [6.07, 6.45) is 14.9. The Bertz CT molecular complexity index is 2510. The molecule has 0 radical (unpaired) electrons. The van der Waals surface area contributed by atoms with Crippen LogP contribution in [0.1, 0.15) is 6.42 Å². The Morgan fingerprint density at radius 2 is 1.22 bits per heavy atom. The number of nitrogens with zero attached hydrogens (tertiary/aromatic N) is 3. The van der Waals surface area contributed by atoms with Crippen LogP contribution in [0.25, 0.3) is 50.0 Å². The summed E-state index contributed by atoms with van der Waals surface area (Å²) in [5, 5.41) is 2.57. The Balaban J connectivity index is 1.20. The summed E-state index contributed by atoms with van der Waals surface area (Å²) in [5.41, 5.74) is 7.13. The third-order valence-corrected chi connectivity index (χ3v) is 17.7. The van der Waals surface area contributed by atoms with Gasteiger partial charge >= 0.3 is 0 Å². The zero-order chi connectivity index (χ0) is 32.9. The lowest BCUT2D eigenvalue weighted by Gasteiger charge is -2.64. The van der Waals surface area contributed by atoms with E-state index in [4.69, 9.17) is 9.97 Å². The van der Waals surface area contributed by atoms with E-state index in [1.54, 1.807) is 0 Å². The molecule has 0 amide bonds. The van der Waals surface area contributed by atoms with Gasteiger partial charge in [0.05, 0.1) is 5.69 Å². The Kier molecular flexibility index (Phi) is 6.89. The maximum absolute atomic E-state index is 5.26. The number of benzene rings is 5. The number of allylic oxidation sites excluding steroid dienone is 3. The van der Waals surface area contributed by atoms with Crippen molar-refractivity contribution in [2.24, 2.45) is 0 Å². The van der Waals surface area contributed by atoms with Crippen molar-refractivity contribution >= 4 is 36.7 Å². The minimum absolute atomic E-state index is 0.351. The SMILES string of the molecule is C[SH](c1ccccc1)(c1ccccc1)(c1ccc(-c2cccc(-c3nc4c(nc5ccccn54)c4ccccc34)c2)cc1)C1C=CC=CC1. The number of hydrogen-bond acceptors (Lipinski definition) is 2. The van der Waals surface area contributed by atoms with Crippen molar-refractivity contribution in [3.63, 3.8) is 0 Å². The van der Waals surface area contributed by atoms with Crippen molar-refractivity contribution in [2.45, 2.75) is 26.4 Å². The Morgan fingerprint density at radius 3 is 1.94 bits per heavy atom. The van der Waals surface area contributed by atoms with E-state index in [0.717, 1.165) is 45.3 Å². The molecule has 0 saturated heterocycles. The van der Waals surface area contributed by atoms with Crippen LogP contribution in [-0.2, 0) is 0 Å². The summed E-state index contributed by atoms with van der Waals surface area (Å²) in [6.45, 7) is 0. The molecule has 0 fully saturated rings. The molecule has 1 unspecified atom stereocenters. The molecule has 1 aliphatic rings. The van der Waals surface area contributed by atoms with Gasteiger partial charge in [-0.15, -0.1) is 0 Å². The zero-order valence-electron chi connectivity index (χ0n) is 27.4. The molecule has 0 N–H and O–H groups in total. The molecule has 0 saturated carbocycles. The molecule has 238 valence electrons. The third kappa shape index (κ3) is 4.44. The number of pyridine rings is 2. The highest BCUT2D eigenvalue weighted by Gasteiger charge is 2.47. The number of hydrogen-bond donors (Lipinski definition) is 1. The standard InChI is InChI=1S/C45H37N3S/c1-49(36-18-5-2-6-19-36,37-20-7-3-8-21-37,38-22-9-4-10-23-38)39-29-27-33(28-30-39)34-16-15-17-35(32-34)43-40-24-11-12-25-41(40)44-45(47-43)48-31-14-13-26-42(48)46-44/h2-22,24-32,38,49H,23H2,1H3. The molecule has 0 bridgehead atoms. The Labute approximate surface area is 287 Å². The van der Waals surface area contributed by atoms with Crippen molar-refractivity contribution in [1.29, 1.82) is 0 Å². The average molecular weight is 652 g/mol. The van der Waals surface area contributed by atoms with Crippen LogP contribution in [0.4, 0.5) is 0 Å². The van der Waals surface area contributed by atoms with Gasteiger partial charge in [-0.3, -0.25) is 4.40 Å². The van der Waals surface area contributed by atoms with Crippen LogP contribution in [0.15, 0.2) is 197 Å². The molecule has 1 aliphatic carbocycles. The third-order valence-electron chi connectivity index (χ3n) is 10.8. The monoisotopic (exact) mass is 651 g/mol. The molecule has 4 heteroatoms. The largest absolute Gasteiger partial charge is 0.284 e. The molecule has 0 spiro atoms. The first-order chi connectivity index (χ1) is 24.1. The fraction of sp³-hybridized carbons (Fsp3) is 0.0667. The van der Waals surface area contributed by atoms with Gasteiger partial charge in [-0.05, 0) is 56.7 Å². The van der Waals surface area contributed by atoms with Crippen LogP contribution in [-0.4, -0.2) is 25.9 Å². The lowest BCUT2D eigenvalue weighted by molar-refractivity contribution is 0.996. The first-order valence-electron chi connectivity index (χ1n) is 17.0. The average Bonchev–Trinajstić information content (AvgIpc) is 3.57. The number of aromatic nitrogens is 3. The van der Waals surface area contributed by atoms with Crippen LogP contribution in [0.5, 0.6) is 0 Å². The normalized spacial score (nSPS) is 15.4. The lowest BCUT2D eigenvalue weighted by atomic mass is 9.98. The summed E-state index contributed by atoms with van der Waals surface area (Å²) in [4.78, 5) is 14.5. The summed E-state index contributed by atoms with van der Waals surface area (Å²) in [7, 11) is -2.97. The van der Waals surface area contributed by atoms with Gasteiger partial charge in [-0.25, -0.2) is 19.1 Å². The molecule has 5 aromatic carbocycles. The van der Waals surface area contributed by atoms with Gasteiger partial charge in [0, 0.05) is 27.8 Å². The van der Waals surface area contributed by atoms with Crippen LogP contribution < -0.4 is 0 Å². The van der Waals surface area contributed by atoms with Crippen molar-refractivity contribution < 1.29 is 0 Å². The van der Waals surface area contributed by atoms with Crippen molar-refractivity contribution in [3.05, 3.63) is 182 Å². The van der Waals surface area contributed by atoms with Crippen molar-refractivity contribution in [3.8, 4) is 22.4 Å². The second-order valence-electron chi connectivity index (χ2n) is 13.3. The zero-order valence-corrected chi connectivity index (χ0v) is 28.3. The van der Waals surface area contributed by atoms with Gasteiger partial charge < -0.3 is 0 Å². The molecule has 3 aromatic heterocycles. The van der Waals surface area contributed by atoms with Crippen LogP contribution in [0.3, 0.4) is 0 Å². The highest BCUT2D eigenvalue weighted by molar-refractivity contribution is 8.49.